The topological polar surface area (TPSA) is 80.0 Å². The number of hydrogen-bond donors (Lipinski definition) is 1. The summed E-state index contributed by atoms with van der Waals surface area (Å²) in [6.07, 6.45) is 0.280. The Kier molecular flexibility index (Phi) is 7.14. The minimum atomic E-state index is -0.428. The lowest BCUT2D eigenvalue weighted by atomic mass is 10.0. The molecule has 0 amide bonds. The van der Waals surface area contributed by atoms with Crippen molar-refractivity contribution >= 4 is 17.6 Å². The quantitative estimate of drug-likeness (QED) is 0.512. The van der Waals surface area contributed by atoms with Crippen LogP contribution in [0, 0.1) is 0 Å². The Morgan fingerprint density at radius 2 is 1.72 bits per heavy atom. The van der Waals surface area contributed by atoms with Gasteiger partial charge in [0.25, 0.3) is 0 Å². The zero-order valence-electron chi connectivity index (χ0n) is 17.5. The Morgan fingerprint density at radius 1 is 0.969 bits per heavy atom. The van der Waals surface area contributed by atoms with Crippen LogP contribution in [0.25, 0.3) is 0 Å². The molecule has 1 unspecified atom stereocenters. The molecule has 0 bridgehead atoms. The molecule has 3 aromatic carbocycles. The fourth-order valence-electron chi connectivity index (χ4n) is 3.37. The molecule has 1 aliphatic heterocycles. The van der Waals surface area contributed by atoms with Gasteiger partial charge in [-0.2, -0.15) is 0 Å². The molecule has 0 spiro atoms. The highest BCUT2D eigenvalue weighted by atomic mass is 35.5. The lowest BCUT2D eigenvalue weighted by molar-refractivity contribution is -0.149. The van der Waals surface area contributed by atoms with Crippen LogP contribution >= 0.6 is 11.6 Å². The lowest BCUT2D eigenvalue weighted by Crippen LogP contribution is -2.33. The molecule has 32 heavy (non-hydrogen) atoms. The highest BCUT2D eigenvalue weighted by Crippen LogP contribution is 2.30. The summed E-state index contributed by atoms with van der Waals surface area (Å²) in [5.74, 6) is 1.80. The highest BCUT2D eigenvalue weighted by molar-refractivity contribution is 6.30. The maximum absolute atomic E-state index is 11.4. The summed E-state index contributed by atoms with van der Waals surface area (Å²) >= 11 is 6.00. The number of esters is 1. The average molecular weight is 454 g/mol. The molecule has 0 radical (unpaired) electrons. The van der Waals surface area contributed by atoms with Crippen LogP contribution in [-0.2, 0) is 29.2 Å². The van der Waals surface area contributed by atoms with Crippen LogP contribution in [0.5, 0.6) is 17.2 Å². The van der Waals surface area contributed by atoms with Crippen molar-refractivity contribution in [2.24, 2.45) is 5.73 Å². The summed E-state index contributed by atoms with van der Waals surface area (Å²) in [4.78, 5) is 11.4. The zero-order valence-corrected chi connectivity index (χ0v) is 18.2. The number of nitrogens with two attached hydrogens (primary N) is 1. The van der Waals surface area contributed by atoms with Crippen LogP contribution in [-0.4, -0.2) is 25.2 Å². The molecule has 1 heterocycles. The van der Waals surface area contributed by atoms with E-state index in [0.29, 0.717) is 37.0 Å². The monoisotopic (exact) mass is 453 g/mol. The number of halogens is 1. The molecule has 1 atom stereocenters. The molecule has 3 aromatic rings. The molecular formula is C25H24ClNO5. The van der Waals surface area contributed by atoms with Gasteiger partial charge >= 0.3 is 5.97 Å². The van der Waals surface area contributed by atoms with Crippen molar-refractivity contribution in [2.75, 3.05) is 13.2 Å². The summed E-state index contributed by atoms with van der Waals surface area (Å²) in [5, 5.41) is 0.695. The standard InChI is InChI=1S/C25H24ClNO5/c26-20-3-1-2-18(10-20)15-29-21-7-4-17(5-8-21)14-30-22-9-6-19-11-23(32-25(28)13-27)16-31-24(19)12-22/h1-10,12,23H,11,13-16,27H2. The first kappa shape index (κ1) is 22.0. The Balaban J connectivity index is 1.28. The summed E-state index contributed by atoms with van der Waals surface area (Å²) in [6.45, 7) is 1.05. The molecule has 6 nitrogen and oxygen atoms in total. The Labute approximate surface area is 191 Å². The van der Waals surface area contributed by atoms with Crippen LogP contribution in [0.4, 0.5) is 0 Å². The number of carbonyl (C=O) groups excluding carboxylic acids is 1. The molecule has 0 saturated carbocycles. The van der Waals surface area contributed by atoms with Crippen molar-refractivity contribution in [3.8, 4) is 17.2 Å². The number of fused-ring (bicyclic) bond motifs is 1. The van der Waals surface area contributed by atoms with E-state index in [9.17, 15) is 4.79 Å². The van der Waals surface area contributed by atoms with Crippen LogP contribution in [0.15, 0.2) is 66.7 Å². The van der Waals surface area contributed by atoms with Gasteiger partial charge in [-0.1, -0.05) is 41.9 Å². The van der Waals surface area contributed by atoms with Gasteiger partial charge in [-0.25, -0.2) is 0 Å². The van der Waals surface area contributed by atoms with E-state index in [0.717, 1.165) is 28.2 Å². The van der Waals surface area contributed by atoms with E-state index in [-0.39, 0.29) is 12.6 Å². The van der Waals surface area contributed by atoms with E-state index < -0.39 is 5.97 Å². The number of benzene rings is 3. The first-order valence-electron chi connectivity index (χ1n) is 10.3. The largest absolute Gasteiger partial charge is 0.489 e. The molecule has 166 valence electrons. The third-order valence-corrected chi connectivity index (χ3v) is 5.23. The summed E-state index contributed by atoms with van der Waals surface area (Å²) in [5.41, 5.74) is 8.30. The molecule has 0 aliphatic carbocycles. The SMILES string of the molecule is NCC(=O)OC1COc2cc(OCc3ccc(OCc4cccc(Cl)c4)cc3)ccc2C1. The van der Waals surface area contributed by atoms with E-state index in [2.05, 4.69) is 0 Å². The first-order chi connectivity index (χ1) is 15.6. The maximum Gasteiger partial charge on any atom is 0.320 e. The van der Waals surface area contributed by atoms with Crippen molar-refractivity contribution in [2.45, 2.75) is 25.7 Å². The molecule has 0 saturated heterocycles. The van der Waals surface area contributed by atoms with Crippen LogP contribution in [0.3, 0.4) is 0 Å². The summed E-state index contributed by atoms with van der Waals surface area (Å²) in [7, 11) is 0. The van der Waals surface area contributed by atoms with Gasteiger partial charge in [0.05, 0.1) is 6.54 Å². The molecule has 4 rings (SSSR count). The maximum atomic E-state index is 11.4. The summed E-state index contributed by atoms with van der Waals surface area (Å²) in [6, 6.07) is 21.1. The minimum Gasteiger partial charge on any atom is -0.489 e. The second-order valence-corrected chi connectivity index (χ2v) is 7.89. The van der Waals surface area contributed by atoms with Gasteiger partial charge in [-0.3, -0.25) is 4.79 Å². The predicted molar refractivity (Wildman–Crippen MR) is 121 cm³/mol. The van der Waals surface area contributed by atoms with Crippen LogP contribution in [0.2, 0.25) is 5.02 Å². The Morgan fingerprint density at radius 3 is 2.50 bits per heavy atom. The van der Waals surface area contributed by atoms with E-state index in [1.54, 1.807) is 0 Å². The zero-order chi connectivity index (χ0) is 22.3. The van der Waals surface area contributed by atoms with Crippen LogP contribution in [0.1, 0.15) is 16.7 Å². The van der Waals surface area contributed by atoms with Crippen molar-refractivity contribution in [3.05, 3.63) is 88.4 Å². The van der Waals surface area contributed by atoms with Crippen LogP contribution < -0.4 is 19.9 Å². The van der Waals surface area contributed by atoms with Gasteiger partial charge in [0, 0.05) is 17.5 Å². The molecule has 2 N–H and O–H groups in total. The van der Waals surface area contributed by atoms with Gasteiger partial charge in [-0.15, -0.1) is 0 Å². The third-order valence-electron chi connectivity index (χ3n) is 5.00. The molecule has 7 heteroatoms. The van der Waals surface area contributed by atoms with Gasteiger partial charge in [0.2, 0.25) is 0 Å². The van der Waals surface area contributed by atoms with Gasteiger partial charge in [0.1, 0.15) is 43.2 Å². The predicted octanol–water partition coefficient (Wildman–Crippen LogP) is 4.30. The fourth-order valence-corrected chi connectivity index (χ4v) is 3.58. The number of rotatable bonds is 8. The van der Waals surface area contributed by atoms with Gasteiger partial charge in [-0.05, 0) is 47.0 Å². The average Bonchev–Trinajstić information content (AvgIpc) is 2.82. The van der Waals surface area contributed by atoms with E-state index in [4.69, 9.17) is 36.3 Å². The normalized spacial score (nSPS) is 14.8. The number of hydrogen-bond acceptors (Lipinski definition) is 6. The second kappa shape index (κ2) is 10.4. The van der Waals surface area contributed by atoms with Gasteiger partial charge in [0.15, 0.2) is 0 Å². The van der Waals surface area contributed by atoms with Gasteiger partial charge < -0.3 is 24.7 Å². The van der Waals surface area contributed by atoms with Crippen molar-refractivity contribution in [1.82, 2.24) is 0 Å². The second-order valence-electron chi connectivity index (χ2n) is 7.45. The van der Waals surface area contributed by atoms with E-state index >= 15 is 0 Å². The number of carbonyl (C=O) groups is 1. The Hall–Kier alpha value is -3.22. The molecule has 1 aliphatic rings. The minimum absolute atomic E-state index is 0.134. The smallest absolute Gasteiger partial charge is 0.320 e. The molecule has 0 fully saturated rings. The summed E-state index contributed by atoms with van der Waals surface area (Å²) < 4.78 is 22.7. The molecular weight excluding hydrogens is 430 g/mol. The fraction of sp³-hybridized carbons (Fsp3) is 0.240. The van der Waals surface area contributed by atoms with E-state index in [1.807, 2.05) is 66.7 Å². The van der Waals surface area contributed by atoms with E-state index in [1.165, 1.54) is 0 Å². The number of ether oxygens (including phenoxy) is 4. The van der Waals surface area contributed by atoms with Crippen molar-refractivity contribution in [3.63, 3.8) is 0 Å². The first-order valence-corrected chi connectivity index (χ1v) is 10.7. The van der Waals surface area contributed by atoms with Crippen molar-refractivity contribution in [1.29, 1.82) is 0 Å². The lowest BCUT2D eigenvalue weighted by Gasteiger charge is -2.25. The molecule has 0 aromatic heterocycles. The highest BCUT2D eigenvalue weighted by Gasteiger charge is 2.23. The third kappa shape index (κ3) is 5.93. The Bertz CT molecular complexity index is 1070. The van der Waals surface area contributed by atoms with Crippen molar-refractivity contribution < 1.29 is 23.7 Å².